The lowest BCUT2D eigenvalue weighted by atomic mass is 9.97. The van der Waals surface area contributed by atoms with Gasteiger partial charge in [-0.1, -0.05) is 62.9 Å². The molecule has 162 valence electrons. The van der Waals surface area contributed by atoms with Crippen molar-refractivity contribution in [2.24, 2.45) is 0 Å². The van der Waals surface area contributed by atoms with Crippen LogP contribution in [0.4, 0.5) is 13.2 Å². The summed E-state index contributed by atoms with van der Waals surface area (Å²) in [6.45, 7) is 6.43. The third kappa shape index (κ3) is 4.76. The SMILES string of the molecule is CC(C)(C)c1nnc(CSc2nc3cc(C(F)(F)F)ccc3n2Cc2ccccc2)o1. The minimum atomic E-state index is -4.42. The Bertz CT molecular complexity index is 1190. The van der Waals surface area contributed by atoms with Crippen molar-refractivity contribution in [3.8, 4) is 0 Å². The fourth-order valence-electron chi connectivity index (χ4n) is 3.05. The van der Waals surface area contributed by atoms with Crippen LogP contribution < -0.4 is 0 Å². The van der Waals surface area contributed by atoms with Crippen molar-refractivity contribution in [3.63, 3.8) is 0 Å². The third-order valence-electron chi connectivity index (χ3n) is 4.66. The van der Waals surface area contributed by atoms with Gasteiger partial charge in [0.15, 0.2) is 5.16 Å². The average Bonchev–Trinajstić information content (AvgIpc) is 3.31. The van der Waals surface area contributed by atoms with Gasteiger partial charge in [-0.2, -0.15) is 13.2 Å². The van der Waals surface area contributed by atoms with E-state index in [0.29, 0.717) is 40.3 Å². The molecule has 0 spiro atoms. The molecule has 9 heteroatoms. The molecule has 0 amide bonds. The van der Waals surface area contributed by atoms with Gasteiger partial charge in [-0.05, 0) is 23.8 Å². The molecule has 5 nitrogen and oxygen atoms in total. The number of halogens is 3. The molecule has 31 heavy (non-hydrogen) atoms. The van der Waals surface area contributed by atoms with E-state index in [1.54, 1.807) is 0 Å². The Kier molecular flexibility index (Phi) is 5.55. The standard InChI is InChI=1S/C22H21F3N4OS/c1-21(2,3)19-28-27-18(30-19)13-31-20-26-16-11-15(22(23,24)25)9-10-17(16)29(20)12-14-7-5-4-6-8-14/h4-11H,12-13H2,1-3H3. The van der Waals surface area contributed by atoms with Crippen LogP contribution in [0.2, 0.25) is 0 Å². The summed E-state index contributed by atoms with van der Waals surface area (Å²) in [5.74, 6) is 1.35. The number of fused-ring (bicyclic) bond motifs is 1. The number of alkyl halides is 3. The molecule has 4 rings (SSSR count). The summed E-state index contributed by atoms with van der Waals surface area (Å²) in [6.07, 6.45) is -4.42. The van der Waals surface area contributed by atoms with Crippen molar-refractivity contribution >= 4 is 22.8 Å². The van der Waals surface area contributed by atoms with Crippen LogP contribution in [-0.4, -0.2) is 19.7 Å². The number of nitrogens with zero attached hydrogens (tertiary/aromatic N) is 4. The Labute approximate surface area is 181 Å². The molecule has 0 saturated heterocycles. The second kappa shape index (κ2) is 8.03. The molecule has 0 saturated carbocycles. The zero-order valence-corrected chi connectivity index (χ0v) is 18.1. The van der Waals surface area contributed by atoms with E-state index in [9.17, 15) is 13.2 Å². The topological polar surface area (TPSA) is 56.7 Å². The zero-order chi connectivity index (χ0) is 22.2. The summed E-state index contributed by atoms with van der Waals surface area (Å²) in [5.41, 5.74) is 0.989. The van der Waals surface area contributed by atoms with E-state index in [0.717, 1.165) is 17.7 Å². The maximum Gasteiger partial charge on any atom is 0.416 e. The van der Waals surface area contributed by atoms with Crippen LogP contribution in [0.25, 0.3) is 11.0 Å². The van der Waals surface area contributed by atoms with Gasteiger partial charge >= 0.3 is 6.18 Å². The number of imidazole rings is 1. The van der Waals surface area contributed by atoms with Crippen LogP contribution in [0.15, 0.2) is 58.1 Å². The van der Waals surface area contributed by atoms with Gasteiger partial charge in [-0.3, -0.25) is 0 Å². The summed E-state index contributed by atoms with van der Waals surface area (Å²) in [6, 6.07) is 13.4. The van der Waals surface area contributed by atoms with E-state index >= 15 is 0 Å². The quantitative estimate of drug-likeness (QED) is 0.348. The van der Waals surface area contributed by atoms with Crippen LogP contribution in [0, 0.1) is 0 Å². The van der Waals surface area contributed by atoms with Gasteiger partial charge in [0, 0.05) is 5.41 Å². The fraction of sp³-hybridized carbons (Fsp3) is 0.318. The highest BCUT2D eigenvalue weighted by molar-refractivity contribution is 7.98. The Morgan fingerprint density at radius 1 is 1.00 bits per heavy atom. The first-order valence-electron chi connectivity index (χ1n) is 9.68. The van der Waals surface area contributed by atoms with Gasteiger partial charge in [0.2, 0.25) is 11.8 Å². The van der Waals surface area contributed by atoms with Crippen molar-refractivity contribution in [3.05, 3.63) is 71.4 Å². The van der Waals surface area contributed by atoms with Gasteiger partial charge in [-0.25, -0.2) is 4.98 Å². The summed E-state index contributed by atoms with van der Waals surface area (Å²) in [7, 11) is 0. The zero-order valence-electron chi connectivity index (χ0n) is 17.3. The second-order valence-corrected chi connectivity index (χ2v) is 9.15. The van der Waals surface area contributed by atoms with E-state index in [2.05, 4.69) is 15.2 Å². The fourth-order valence-corrected chi connectivity index (χ4v) is 3.91. The van der Waals surface area contributed by atoms with Gasteiger partial charge < -0.3 is 8.98 Å². The molecule has 0 atom stereocenters. The minimum Gasteiger partial charge on any atom is -0.424 e. The molecule has 4 aromatic rings. The molecule has 0 N–H and O–H groups in total. The van der Waals surface area contributed by atoms with Crippen LogP contribution in [-0.2, 0) is 23.9 Å². The van der Waals surface area contributed by atoms with Crippen LogP contribution in [0.3, 0.4) is 0 Å². The molecule has 0 unspecified atom stereocenters. The van der Waals surface area contributed by atoms with E-state index in [4.69, 9.17) is 4.42 Å². The molecule has 0 aliphatic carbocycles. The Morgan fingerprint density at radius 3 is 2.39 bits per heavy atom. The highest BCUT2D eigenvalue weighted by Gasteiger charge is 2.31. The first kappa shape index (κ1) is 21.4. The van der Waals surface area contributed by atoms with Crippen molar-refractivity contribution < 1.29 is 17.6 Å². The summed E-state index contributed by atoms with van der Waals surface area (Å²) in [4.78, 5) is 4.49. The number of rotatable bonds is 5. The lowest BCUT2D eigenvalue weighted by molar-refractivity contribution is -0.137. The Hall–Kier alpha value is -2.81. The molecule has 0 radical (unpaired) electrons. The Morgan fingerprint density at radius 2 is 1.74 bits per heavy atom. The predicted octanol–water partition coefficient (Wildman–Crippen LogP) is 6.08. The maximum atomic E-state index is 13.2. The lowest BCUT2D eigenvalue weighted by Crippen LogP contribution is -2.11. The first-order valence-corrected chi connectivity index (χ1v) is 10.7. The number of hydrogen-bond acceptors (Lipinski definition) is 5. The summed E-state index contributed by atoms with van der Waals surface area (Å²) < 4.78 is 47.2. The second-order valence-electron chi connectivity index (χ2n) is 8.21. The van der Waals surface area contributed by atoms with Crippen molar-refractivity contribution in [2.75, 3.05) is 0 Å². The van der Waals surface area contributed by atoms with Gasteiger partial charge in [-0.15, -0.1) is 10.2 Å². The van der Waals surface area contributed by atoms with Crippen LogP contribution in [0.5, 0.6) is 0 Å². The van der Waals surface area contributed by atoms with Crippen molar-refractivity contribution in [2.45, 2.75) is 49.8 Å². The molecule has 2 aromatic heterocycles. The van der Waals surface area contributed by atoms with E-state index < -0.39 is 11.7 Å². The van der Waals surface area contributed by atoms with E-state index in [-0.39, 0.29) is 5.41 Å². The van der Waals surface area contributed by atoms with Gasteiger partial charge in [0.05, 0.1) is 28.9 Å². The van der Waals surface area contributed by atoms with Crippen molar-refractivity contribution in [1.29, 1.82) is 0 Å². The molecular weight excluding hydrogens is 425 g/mol. The monoisotopic (exact) mass is 446 g/mol. The Balaban J connectivity index is 1.68. The molecule has 0 aliphatic heterocycles. The third-order valence-corrected chi connectivity index (χ3v) is 5.62. The average molecular weight is 446 g/mol. The van der Waals surface area contributed by atoms with Gasteiger partial charge in [0.1, 0.15) is 0 Å². The maximum absolute atomic E-state index is 13.2. The number of benzene rings is 2. The number of thioether (sulfide) groups is 1. The molecule has 0 bridgehead atoms. The van der Waals surface area contributed by atoms with Crippen LogP contribution in [0.1, 0.15) is 43.7 Å². The molecule has 2 heterocycles. The number of aromatic nitrogens is 4. The normalized spacial score (nSPS) is 12.6. The van der Waals surface area contributed by atoms with Gasteiger partial charge in [0.25, 0.3) is 0 Å². The highest BCUT2D eigenvalue weighted by atomic mass is 32.2. The van der Waals surface area contributed by atoms with E-state index in [1.807, 2.05) is 55.7 Å². The molecule has 0 aliphatic rings. The number of hydrogen-bond donors (Lipinski definition) is 0. The molecule has 2 aromatic carbocycles. The van der Waals surface area contributed by atoms with E-state index in [1.165, 1.54) is 17.8 Å². The summed E-state index contributed by atoms with van der Waals surface area (Å²) in [5, 5.41) is 8.77. The first-order chi connectivity index (χ1) is 14.6. The minimum absolute atomic E-state index is 0.260. The highest BCUT2D eigenvalue weighted by Crippen LogP contribution is 2.34. The molecule has 0 fully saturated rings. The van der Waals surface area contributed by atoms with Crippen LogP contribution >= 0.6 is 11.8 Å². The van der Waals surface area contributed by atoms with Crippen molar-refractivity contribution in [1.82, 2.24) is 19.7 Å². The molecular formula is C22H21F3N4OS. The largest absolute Gasteiger partial charge is 0.424 e. The summed E-state index contributed by atoms with van der Waals surface area (Å²) >= 11 is 1.36. The smallest absolute Gasteiger partial charge is 0.416 e. The predicted molar refractivity (Wildman–Crippen MR) is 113 cm³/mol. The lowest BCUT2D eigenvalue weighted by Gasteiger charge is -2.11.